The lowest BCUT2D eigenvalue weighted by Crippen LogP contribution is -2.25. The van der Waals surface area contributed by atoms with Crippen molar-refractivity contribution in [1.29, 1.82) is 0 Å². The molecule has 0 aliphatic heterocycles. The predicted molar refractivity (Wildman–Crippen MR) is 117 cm³/mol. The third-order valence-corrected chi connectivity index (χ3v) is 5.48. The van der Waals surface area contributed by atoms with Gasteiger partial charge < -0.3 is 15.8 Å². The summed E-state index contributed by atoms with van der Waals surface area (Å²) in [7, 11) is 1.69. The van der Waals surface area contributed by atoms with Crippen molar-refractivity contribution < 1.29 is 4.74 Å². The van der Waals surface area contributed by atoms with Crippen molar-refractivity contribution in [1.82, 2.24) is 0 Å². The molecule has 1 aliphatic rings. The highest BCUT2D eigenvalue weighted by atomic mass is 127. The first-order valence-electron chi connectivity index (χ1n) is 8.09. The Labute approximate surface area is 170 Å². The minimum Gasteiger partial charge on any atom is -0.380 e. The van der Waals surface area contributed by atoms with Crippen molar-refractivity contribution in [2.75, 3.05) is 19.0 Å². The fourth-order valence-corrected chi connectivity index (χ4v) is 3.73. The highest BCUT2D eigenvalue weighted by Crippen LogP contribution is 2.51. The second-order valence-electron chi connectivity index (χ2n) is 6.01. The van der Waals surface area contributed by atoms with Crippen LogP contribution in [-0.4, -0.2) is 24.4 Å². The zero-order valence-corrected chi connectivity index (χ0v) is 17.4. The van der Waals surface area contributed by atoms with E-state index >= 15 is 0 Å². The van der Waals surface area contributed by atoms with E-state index in [1.54, 1.807) is 7.11 Å². The van der Waals surface area contributed by atoms with Crippen LogP contribution in [0.4, 0.5) is 5.69 Å². The van der Waals surface area contributed by atoms with Gasteiger partial charge in [-0.1, -0.05) is 36.4 Å². The van der Waals surface area contributed by atoms with Crippen LogP contribution < -0.4 is 11.1 Å². The van der Waals surface area contributed by atoms with Gasteiger partial charge in [-0.3, -0.25) is 4.99 Å². The molecule has 6 heteroatoms. The SMILES string of the molecule is COCc1ccccc1NC(N)=NCC1(Sc2ccccc2)CC1.I. The molecule has 0 bridgehead atoms. The summed E-state index contributed by atoms with van der Waals surface area (Å²) in [5.74, 6) is 0.457. The highest BCUT2D eigenvalue weighted by molar-refractivity contribution is 14.0. The minimum atomic E-state index is 0. The fourth-order valence-electron chi connectivity index (χ4n) is 2.50. The van der Waals surface area contributed by atoms with Crippen molar-refractivity contribution in [3.8, 4) is 0 Å². The Hall–Kier alpha value is -1.25. The standard InChI is InChI=1S/C19H23N3OS.HI/c1-23-13-15-7-5-6-10-17(15)22-18(20)21-14-19(11-12-19)24-16-8-3-2-4-9-16;/h2-10H,11-14H2,1H3,(H3,20,21,22);1H. The normalized spacial score (nSPS) is 15.3. The Morgan fingerprint density at radius 2 is 1.84 bits per heavy atom. The van der Waals surface area contributed by atoms with Crippen LogP contribution in [0.3, 0.4) is 0 Å². The summed E-state index contributed by atoms with van der Waals surface area (Å²) in [5, 5.41) is 3.20. The van der Waals surface area contributed by atoms with Gasteiger partial charge in [0, 0.05) is 28.0 Å². The molecule has 0 saturated heterocycles. The average Bonchev–Trinajstić information content (AvgIpc) is 3.36. The molecule has 2 aromatic rings. The molecule has 1 aliphatic carbocycles. The Kier molecular flexibility index (Phi) is 7.58. The molecule has 0 atom stereocenters. The molecular weight excluding hydrogens is 445 g/mol. The zero-order chi connectivity index (χ0) is 16.8. The summed E-state index contributed by atoms with van der Waals surface area (Å²) >= 11 is 1.91. The topological polar surface area (TPSA) is 59.6 Å². The summed E-state index contributed by atoms with van der Waals surface area (Å²) in [6.07, 6.45) is 2.37. The quantitative estimate of drug-likeness (QED) is 0.356. The number of anilines is 1. The van der Waals surface area contributed by atoms with Gasteiger partial charge in [-0.25, -0.2) is 0 Å². The van der Waals surface area contributed by atoms with Gasteiger partial charge in [0.25, 0.3) is 0 Å². The van der Waals surface area contributed by atoms with Gasteiger partial charge in [-0.2, -0.15) is 0 Å². The summed E-state index contributed by atoms with van der Waals surface area (Å²) in [5.41, 5.74) is 8.10. The van der Waals surface area contributed by atoms with Gasteiger partial charge in [0.2, 0.25) is 0 Å². The van der Waals surface area contributed by atoms with Gasteiger partial charge in [0.1, 0.15) is 0 Å². The smallest absolute Gasteiger partial charge is 0.193 e. The maximum atomic E-state index is 6.09. The number of guanidine groups is 1. The molecule has 2 aromatic carbocycles. The first-order chi connectivity index (χ1) is 11.7. The van der Waals surface area contributed by atoms with E-state index in [0.717, 1.165) is 17.8 Å². The molecule has 0 aromatic heterocycles. The van der Waals surface area contributed by atoms with Crippen LogP contribution in [0.5, 0.6) is 0 Å². The number of halogens is 1. The molecule has 3 rings (SSSR count). The third kappa shape index (κ3) is 5.90. The first-order valence-corrected chi connectivity index (χ1v) is 8.90. The number of para-hydroxylation sites is 1. The number of nitrogens with zero attached hydrogens (tertiary/aromatic N) is 1. The molecular formula is C19H24IN3OS. The molecule has 25 heavy (non-hydrogen) atoms. The first kappa shape index (κ1) is 20.1. The van der Waals surface area contributed by atoms with Crippen LogP contribution in [0.15, 0.2) is 64.5 Å². The molecule has 0 radical (unpaired) electrons. The Morgan fingerprint density at radius 1 is 1.16 bits per heavy atom. The van der Waals surface area contributed by atoms with Crippen LogP contribution in [-0.2, 0) is 11.3 Å². The summed E-state index contributed by atoms with van der Waals surface area (Å²) in [4.78, 5) is 5.87. The number of methoxy groups -OCH3 is 1. The molecule has 1 saturated carbocycles. The average molecular weight is 469 g/mol. The Balaban J connectivity index is 0.00000225. The number of thioether (sulfide) groups is 1. The molecule has 0 spiro atoms. The van der Waals surface area contributed by atoms with E-state index in [2.05, 4.69) is 34.6 Å². The second-order valence-corrected chi connectivity index (χ2v) is 7.56. The van der Waals surface area contributed by atoms with Crippen molar-refractivity contribution >= 4 is 47.4 Å². The Morgan fingerprint density at radius 3 is 2.52 bits per heavy atom. The van der Waals surface area contributed by atoms with E-state index in [-0.39, 0.29) is 28.7 Å². The molecule has 0 unspecified atom stereocenters. The van der Waals surface area contributed by atoms with Gasteiger partial charge in [-0.05, 0) is 31.0 Å². The van der Waals surface area contributed by atoms with Gasteiger partial charge >= 0.3 is 0 Å². The maximum Gasteiger partial charge on any atom is 0.193 e. The van der Waals surface area contributed by atoms with Crippen molar-refractivity contribution in [3.63, 3.8) is 0 Å². The molecule has 1 fully saturated rings. The summed E-state index contributed by atoms with van der Waals surface area (Å²) in [6, 6.07) is 18.5. The zero-order valence-electron chi connectivity index (χ0n) is 14.3. The number of ether oxygens (including phenoxy) is 1. The number of aliphatic imine (C=N–C) groups is 1. The summed E-state index contributed by atoms with van der Waals surface area (Å²) < 4.78 is 5.42. The van der Waals surface area contributed by atoms with E-state index in [1.807, 2.05) is 42.1 Å². The highest BCUT2D eigenvalue weighted by Gasteiger charge is 2.43. The molecule has 0 amide bonds. The third-order valence-electron chi connectivity index (χ3n) is 4.00. The van der Waals surface area contributed by atoms with E-state index in [0.29, 0.717) is 12.6 Å². The number of nitrogens with one attached hydrogen (secondary N) is 1. The van der Waals surface area contributed by atoms with Gasteiger partial charge in [-0.15, -0.1) is 35.7 Å². The van der Waals surface area contributed by atoms with Crippen molar-refractivity contribution in [2.24, 2.45) is 10.7 Å². The second kappa shape index (κ2) is 9.45. The number of benzene rings is 2. The van der Waals surface area contributed by atoms with Gasteiger partial charge in [0.05, 0.1) is 13.2 Å². The van der Waals surface area contributed by atoms with Gasteiger partial charge in [0.15, 0.2) is 5.96 Å². The molecule has 134 valence electrons. The largest absolute Gasteiger partial charge is 0.380 e. The lowest BCUT2D eigenvalue weighted by Gasteiger charge is -2.14. The predicted octanol–water partition coefficient (Wildman–Crippen LogP) is 4.50. The Bertz CT molecular complexity index is 705. The number of rotatable bonds is 7. The lowest BCUT2D eigenvalue weighted by molar-refractivity contribution is 0.185. The molecule has 3 N–H and O–H groups in total. The monoisotopic (exact) mass is 469 g/mol. The fraction of sp³-hybridized carbons (Fsp3) is 0.316. The molecule has 4 nitrogen and oxygen atoms in total. The number of nitrogens with two attached hydrogens (primary N) is 1. The number of hydrogen-bond acceptors (Lipinski definition) is 3. The van der Waals surface area contributed by atoms with Crippen LogP contribution in [0, 0.1) is 0 Å². The molecule has 0 heterocycles. The van der Waals surface area contributed by atoms with Crippen LogP contribution in [0.2, 0.25) is 0 Å². The van der Waals surface area contributed by atoms with Crippen LogP contribution >= 0.6 is 35.7 Å². The van der Waals surface area contributed by atoms with Crippen molar-refractivity contribution in [2.45, 2.75) is 29.1 Å². The number of hydrogen-bond donors (Lipinski definition) is 2. The van der Waals surface area contributed by atoms with Crippen molar-refractivity contribution in [3.05, 3.63) is 60.2 Å². The summed E-state index contributed by atoms with van der Waals surface area (Å²) in [6.45, 7) is 1.28. The van der Waals surface area contributed by atoms with E-state index in [4.69, 9.17) is 10.5 Å². The van der Waals surface area contributed by atoms with Crippen LogP contribution in [0.25, 0.3) is 0 Å². The van der Waals surface area contributed by atoms with E-state index in [1.165, 1.54) is 17.7 Å². The van der Waals surface area contributed by atoms with E-state index in [9.17, 15) is 0 Å². The minimum absolute atomic E-state index is 0. The van der Waals surface area contributed by atoms with Crippen LogP contribution in [0.1, 0.15) is 18.4 Å². The van der Waals surface area contributed by atoms with E-state index < -0.39 is 0 Å². The lowest BCUT2D eigenvalue weighted by atomic mass is 10.2. The maximum absolute atomic E-state index is 6.09.